The third-order valence-electron chi connectivity index (χ3n) is 6.20. The number of aromatic nitrogens is 2. The molecule has 10 nitrogen and oxygen atoms in total. The summed E-state index contributed by atoms with van der Waals surface area (Å²) in [5.74, 6) is -0.0894. The number of hydrogen-bond acceptors (Lipinski definition) is 7. The van der Waals surface area contributed by atoms with Crippen molar-refractivity contribution in [3.8, 4) is 22.6 Å². The maximum absolute atomic E-state index is 12.8. The number of H-pyrrole nitrogens is 1. The van der Waals surface area contributed by atoms with Gasteiger partial charge in [-0.2, -0.15) is 0 Å². The van der Waals surface area contributed by atoms with E-state index in [0.717, 1.165) is 22.6 Å². The number of sulfonamides is 1. The molecule has 2 N–H and O–H groups in total. The third kappa shape index (κ3) is 5.18. The van der Waals surface area contributed by atoms with Gasteiger partial charge in [0.15, 0.2) is 0 Å². The van der Waals surface area contributed by atoms with Crippen LogP contribution in [0.4, 0.5) is 5.69 Å². The highest BCUT2D eigenvalue weighted by atomic mass is 32.2. The van der Waals surface area contributed by atoms with Crippen LogP contribution in [0.15, 0.2) is 70.4 Å². The van der Waals surface area contributed by atoms with Crippen LogP contribution in [0.3, 0.4) is 0 Å². The summed E-state index contributed by atoms with van der Waals surface area (Å²) < 4.78 is 37.8. The van der Waals surface area contributed by atoms with Crippen molar-refractivity contribution in [3.05, 3.63) is 87.2 Å². The number of hydrogen-bond donors (Lipinski definition) is 2. The Balaban J connectivity index is 1.99. The number of ether oxygens (including phenoxy) is 2. The number of esters is 1. The molecule has 0 fully saturated rings. The number of aromatic amines is 1. The van der Waals surface area contributed by atoms with Crippen molar-refractivity contribution in [2.45, 2.75) is 19.3 Å². The Labute approximate surface area is 218 Å². The molecule has 0 atom stereocenters. The zero-order valence-corrected chi connectivity index (χ0v) is 22.3. The zero-order chi connectivity index (χ0) is 27.8. The standard InChI is InChI=1S/C27H27N3O7S/c1-27(2,25(32)37-4)22-15-20(30-11-10-23(31)28-26(30)33)14-21(24(22)36-3)18-7-6-17-13-19(29-38(5,34)35)9-8-16(17)12-18/h6-15,29H,1-5H3,(H,28,31,33). The van der Waals surface area contributed by atoms with Crippen molar-refractivity contribution in [1.29, 1.82) is 0 Å². The van der Waals surface area contributed by atoms with Crippen LogP contribution in [0.2, 0.25) is 0 Å². The van der Waals surface area contributed by atoms with Gasteiger partial charge in [0.2, 0.25) is 10.0 Å². The summed E-state index contributed by atoms with van der Waals surface area (Å²) in [6, 6.07) is 15.3. The molecule has 198 valence electrons. The summed E-state index contributed by atoms with van der Waals surface area (Å²) in [6.07, 6.45) is 2.44. The molecule has 0 saturated carbocycles. The SMILES string of the molecule is COC(=O)C(C)(C)c1cc(-n2ccc(=O)[nH]c2=O)cc(-c2ccc3cc(NS(C)(=O)=O)ccc3c2)c1OC. The third-order valence-corrected chi connectivity index (χ3v) is 6.81. The lowest BCUT2D eigenvalue weighted by Crippen LogP contribution is -2.32. The highest BCUT2D eigenvalue weighted by Crippen LogP contribution is 2.42. The number of anilines is 1. The molecule has 1 aromatic heterocycles. The fraction of sp³-hybridized carbons (Fsp3) is 0.222. The first kappa shape index (κ1) is 26.7. The number of carbonyl (C=O) groups is 1. The Morgan fingerprint density at radius 1 is 0.974 bits per heavy atom. The average Bonchev–Trinajstić information content (AvgIpc) is 2.86. The van der Waals surface area contributed by atoms with Gasteiger partial charge >= 0.3 is 11.7 Å². The van der Waals surface area contributed by atoms with Crippen LogP contribution in [0.5, 0.6) is 5.75 Å². The molecule has 1 heterocycles. The number of nitrogens with one attached hydrogen (secondary N) is 2. The Hall–Kier alpha value is -4.38. The lowest BCUT2D eigenvalue weighted by atomic mass is 9.81. The molecule has 0 radical (unpaired) electrons. The summed E-state index contributed by atoms with van der Waals surface area (Å²) in [5.41, 5.74) is 0.308. The Kier molecular flexibility index (Phi) is 6.90. The number of methoxy groups -OCH3 is 2. The Morgan fingerprint density at radius 3 is 2.29 bits per heavy atom. The lowest BCUT2D eigenvalue weighted by molar-refractivity contribution is -0.146. The number of benzene rings is 3. The Bertz CT molecular complexity index is 1790. The molecular weight excluding hydrogens is 510 g/mol. The van der Waals surface area contributed by atoms with Gasteiger partial charge in [0, 0.05) is 29.1 Å². The molecule has 0 amide bonds. The zero-order valence-electron chi connectivity index (χ0n) is 21.5. The van der Waals surface area contributed by atoms with Gasteiger partial charge in [0.25, 0.3) is 5.56 Å². The predicted octanol–water partition coefficient (Wildman–Crippen LogP) is 3.18. The first-order valence-electron chi connectivity index (χ1n) is 11.5. The largest absolute Gasteiger partial charge is 0.496 e. The van der Waals surface area contributed by atoms with E-state index in [0.29, 0.717) is 28.3 Å². The first-order chi connectivity index (χ1) is 17.8. The van der Waals surface area contributed by atoms with Crippen LogP contribution < -0.4 is 20.7 Å². The highest BCUT2D eigenvalue weighted by Gasteiger charge is 2.35. The van der Waals surface area contributed by atoms with Gasteiger partial charge in [-0.05, 0) is 60.5 Å². The molecule has 0 aliphatic heterocycles. The molecule has 0 aliphatic rings. The van der Waals surface area contributed by atoms with Gasteiger partial charge in [-0.25, -0.2) is 13.2 Å². The summed E-state index contributed by atoms with van der Waals surface area (Å²) in [7, 11) is -0.638. The summed E-state index contributed by atoms with van der Waals surface area (Å²) >= 11 is 0. The van der Waals surface area contributed by atoms with E-state index in [9.17, 15) is 22.8 Å². The van der Waals surface area contributed by atoms with Gasteiger partial charge < -0.3 is 9.47 Å². The van der Waals surface area contributed by atoms with Crippen LogP contribution >= 0.6 is 0 Å². The van der Waals surface area contributed by atoms with E-state index in [4.69, 9.17) is 9.47 Å². The lowest BCUT2D eigenvalue weighted by Gasteiger charge is -2.27. The first-order valence-corrected chi connectivity index (χ1v) is 13.4. The minimum Gasteiger partial charge on any atom is -0.496 e. The van der Waals surface area contributed by atoms with Crippen LogP contribution in [0.25, 0.3) is 27.6 Å². The highest BCUT2D eigenvalue weighted by molar-refractivity contribution is 7.92. The second-order valence-electron chi connectivity index (χ2n) is 9.32. The molecule has 0 spiro atoms. The fourth-order valence-corrected chi connectivity index (χ4v) is 4.88. The van der Waals surface area contributed by atoms with Crippen LogP contribution in [-0.4, -0.2) is 44.4 Å². The van der Waals surface area contributed by atoms with Crippen LogP contribution in [-0.2, 0) is 25.0 Å². The molecule has 0 unspecified atom stereocenters. The number of rotatable bonds is 7. The van der Waals surface area contributed by atoms with Gasteiger partial charge in [0.1, 0.15) is 5.75 Å². The number of carbonyl (C=O) groups excluding carboxylic acids is 1. The van der Waals surface area contributed by atoms with Crippen molar-refractivity contribution >= 4 is 32.5 Å². The van der Waals surface area contributed by atoms with Crippen molar-refractivity contribution < 1.29 is 22.7 Å². The molecular formula is C27H27N3O7S. The molecule has 4 aromatic rings. The number of fused-ring (bicyclic) bond motifs is 1. The van der Waals surface area contributed by atoms with Crippen LogP contribution in [0.1, 0.15) is 19.4 Å². The van der Waals surface area contributed by atoms with Crippen molar-refractivity contribution in [2.75, 3.05) is 25.2 Å². The van der Waals surface area contributed by atoms with Crippen molar-refractivity contribution in [1.82, 2.24) is 9.55 Å². The summed E-state index contributed by atoms with van der Waals surface area (Å²) in [4.78, 5) is 39.3. The quantitative estimate of drug-likeness (QED) is 0.346. The summed E-state index contributed by atoms with van der Waals surface area (Å²) in [5, 5.41) is 1.62. The maximum Gasteiger partial charge on any atom is 0.332 e. The van der Waals surface area contributed by atoms with E-state index in [1.54, 1.807) is 44.2 Å². The van der Waals surface area contributed by atoms with Crippen LogP contribution in [0, 0.1) is 0 Å². The van der Waals surface area contributed by atoms with Gasteiger partial charge in [-0.3, -0.25) is 23.9 Å². The predicted molar refractivity (Wildman–Crippen MR) is 146 cm³/mol. The number of nitrogens with zero attached hydrogens (tertiary/aromatic N) is 1. The van der Waals surface area contributed by atoms with E-state index in [2.05, 4.69) is 9.71 Å². The smallest absolute Gasteiger partial charge is 0.332 e. The normalized spacial score (nSPS) is 11.8. The minimum absolute atomic E-state index is 0.404. The summed E-state index contributed by atoms with van der Waals surface area (Å²) in [6.45, 7) is 3.38. The van der Waals surface area contributed by atoms with E-state index >= 15 is 0 Å². The van der Waals surface area contributed by atoms with E-state index in [1.165, 1.54) is 31.0 Å². The van der Waals surface area contributed by atoms with Gasteiger partial charge in [0.05, 0.1) is 31.6 Å². The second-order valence-corrected chi connectivity index (χ2v) is 11.1. The minimum atomic E-state index is -3.43. The average molecular weight is 538 g/mol. The monoisotopic (exact) mass is 537 g/mol. The Morgan fingerprint density at radius 2 is 1.66 bits per heavy atom. The molecule has 38 heavy (non-hydrogen) atoms. The van der Waals surface area contributed by atoms with E-state index < -0.39 is 32.7 Å². The van der Waals surface area contributed by atoms with Crippen molar-refractivity contribution in [2.24, 2.45) is 0 Å². The molecule has 4 rings (SSSR count). The molecule has 0 bridgehead atoms. The van der Waals surface area contributed by atoms with Gasteiger partial charge in [-0.1, -0.05) is 18.2 Å². The van der Waals surface area contributed by atoms with Crippen molar-refractivity contribution in [3.63, 3.8) is 0 Å². The second kappa shape index (κ2) is 9.82. The maximum atomic E-state index is 12.8. The van der Waals surface area contributed by atoms with Gasteiger partial charge in [-0.15, -0.1) is 0 Å². The molecule has 3 aromatic carbocycles. The topological polar surface area (TPSA) is 137 Å². The molecule has 0 aliphatic carbocycles. The molecule has 0 saturated heterocycles. The molecule has 11 heteroatoms. The van der Waals surface area contributed by atoms with E-state index in [1.807, 2.05) is 18.2 Å². The van der Waals surface area contributed by atoms with E-state index in [-0.39, 0.29) is 0 Å². The fourth-order valence-electron chi connectivity index (χ4n) is 4.33.